The molecule has 0 spiro atoms. The molecule has 0 atom stereocenters. The van der Waals surface area contributed by atoms with Crippen LogP contribution in [0.15, 0.2) is 29.6 Å². The van der Waals surface area contributed by atoms with E-state index in [4.69, 9.17) is 4.74 Å². The number of fused-ring (bicyclic) bond motifs is 1. The normalized spacial score (nSPS) is 10.8. The molecule has 3 rings (SSSR count). The van der Waals surface area contributed by atoms with Crippen molar-refractivity contribution in [2.24, 2.45) is 0 Å². The highest BCUT2D eigenvalue weighted by Crippen LogP contribution is 2.33. The number of carbonyl (C=O) groups excluding carboxylic acids is 2. The van der Waals surface area contributed by atoms with Gasteiger partial charge in [0, 0.05) is 11.1 Å². The second kappa shape index (κ2) is 7.24. The van der Waals surface area contributed by atoms with E-state index < -0.39 is 5.97 Å². The molecule has 0 aliphatic heterocycles. The average Bonchev–Trinajstić information content (AvgIpc) is 3.14. The number of esters is 1. The number of aryl methyl sites for hydroxylation is 1. The number of aromatic nitrogens is 3. The highest BCUT2D eigenvalue weighted by atomic mass is 32.2. The van der Waals surface area contributed by atoms with E-state index in [1.807, 2.05) is 42.6 Å². The molecular weight excluding hydrogens is 360 g/mol. The molecule has 3 aromatic heterocycles. The Morgan fingerprint density at radius 2 is 2.12 bits per heavy atom. The smallest absolute Gasteiger partial charge is 0.341 e. The van der Waals surface area contributed by atoms with E-state index in [-0.39, 0.29) is 11.7 Å². The van der Waals surface area contributed by atoms with Gasteiger partial charge in [0.2, 0.25) is 5.91 Å². The van der Waals surface area contributed by atoms with Crippen molar-refractivity contribution >= 4 is 45.6 Å². The molecule has 3 aromatic rings. The quantitative estimate of drug-likeness (QED) is 0.544. The molecule has 9 heteroatoms. The molecule has 0 fully saturated rings. The van der Waals surface area contributed by atoms with Crippen LogP contribution < -0.4 is 5.32 Å². The average molecular weight is 376 g/mol. The molecule has 0 saturated heterocycles. The molecule has 0 saturated carbocycles. The van der Waals surface area contributed by atoms with E-state index in [2.05, 4.69) is 15.5 Å². The van der Waals surface area contributed by atoms with Gasteiger partial charge in [0.05, 0.1) is 18.4 Å². The fraction of sp³-hybridized carbons (Fsp3) is 0.250. The van der Waals surface area contributed by atoms with Crippen LogP contribution in [0.1, 0.15) is 20.8 Å². The maximum atomic E-state index is 12.3. The summed E-state index contributed by atoms with van der Waals surface area (Å²) in [5.74, 6) is -0.510. The number of methoxy groups -OCH3 is 1. The van der Waals surface area contributed by atoms with Crippen molar-refractivity contribution in [1.29, 1.82) is 0 Å². The van der Waals surface area contributed by atoms with Gasteiger partial charge in [-0.25, -0.2) is 4.79 Å². The summed E-state index contributed by atoms with van der Waals surface area (Å²) >= 11 is 2.64. The van der Waals surface area contributed by atoms with Crippen LogP contribution in [-0.2, 0) is 9.53 Å². The Morgan fingerprint density at radius 3 is 2.88 bits per heavy atom. The zero-order valence-electron chi connectivity index (χ0n) is 13.9. The molecule has 0 bridgehead atoms. The first kappa shape index (κ1) is 17.4. The third-order valence-electron chi connectivity index (χ3n) is 3.64. The number of pyridine rings is 1. The number of anilines is 1. The van der Waals surface area contributed by atoms with E-state index in [9.17, 15) is 9.59 Å². The Morgan fingerprint density at radius 1 is 1.32 bits per heavy atom. The second-order valence-electron chi connectivity index (χ2n) is 5.23. The van der Waals surface area contributed by atoms with Gasteiger partial charge in [-0.3, -0.25) is 9.20 Å². The minimum absolute atomic E-state index is 0.159. The lowest BCUT2D eigenvalue weighted by Crippen LogP contribution is -2.16. The van der Waals surface area contributed by atoms with E-state index in [0.29, 0.717) is 15.7 Å². The van der Waals surface area contributed by atoms with Crippen LogP contribution in [0.5, 0.6) is 0 Å². The van der Waals surface area contributed by atoms with Gasteiger partial charge in [0.15, 0.2) is 10.8 Å². The Hall–Kier alpha value is -2.39. The van der Waals surface area contributed by atoms with E-state index in [1.54, 1.807) is 0 Å². The molecule has 0 aliphatic carbocycles. The van der Waals surface area contributed by atoms with Crippen molar-refractivity contribution in [3.8, 4) is 0 Å². The zero-order valence-corrected chi connectivity index (χ0v) is 15.5. The fourth-order valence-electron chi connectivity index (χ4n) is 2.27. The van der Waals surface area contributed by atoms with Crippen molar-refractivity contribution < 1.29 is 14.3 Å². The Kier molecular flexibility index (Phi) is 5.05. The Balaban J connectivity index is 1.71. The Labute approximate surface area is 152 Å². The summed E-state index contributed by atoms with van der Waals surface area (Å²) in [5.41, 5.74) is 1.96. The summed E-state index contributed by atoms with van der Waals surface area (Å²) in [7, 11) is 1.33. The number of hydrogen-bond acceptors (Lipinski definition) is 7. The lowest BCUT2D eigenvalue weighted by molar-refractivity contribution is -0.113. The first-order valence-electron chi connectivity index (χ1n) is 7.42. The second-order valence-corrected chi connectivity index (χ2v) is 7.39. The molecule has 0 radical (unpaired) electrons. The monoisotopic (exact) mass is 376 g/mol. The van der Waals surface area contributed by atoms with Crippen molar-refractivity contribution in [3.63, 3.8) is 0 Å². The number of thiophene rings is 1. The first-order valence-corrected chi connectivity index (χ1v) is 9.22. The zero-order chi connectivity index (χ0) is 18.0. The molecule has 1 amide bonds. The number of amides is 1. The molecule has 0 aliphatic rings. The van der Waals surface area contributed by atoms with Crippen LogP contribution in [0.4, 0.5) is 5.00 Å². The summed E-state index contributed by atoms with van der Waals surface area (Å²) < 4.78 is 6.63. The predicted molar refractivity (Wildman–Crippen MR) is 97.5 cm³/mol. The lowest BCUT2D eigenvalue weighted by Gasteiger charge is -2.05. The molecule has 7 nitrogen and oxygen atoms in total. The van der Waals surface area contributed by atoms with Crippen molar-refractivity contribution in [1.82, 2.24) is 14.6 Å². The number of ether oxygens (including phenoxy) is 1. The minimum Gasteiger partial charge on any atom is -0.465 e. The van der Waals surface area contributed by atoms with E-state index >= 15 is 0 Å². The molecule has 3 heterocycles. The standard InChI is InChI=1S/C16H16N4O3S2/c1-9-10(2)25-14(13(9)15(22)23-3)17-12(21)8-24-16-19-18-11-6-4-5-7-20(11)16/h4-7H,8H2,1-3H3,(H,17,21). The number of carbonyl (C=O) groups is 2. The van der Waals surface area contributed by atoms with Gasteiger partial charge in [0.25, 0.3) is 0 Å². The van der Waals surface area contributed by atoms with Gasteiger partial charge < -0.3 is 10.1 Å². The van der Waals surface area contributed by atoms with Crippen molar-refractivity contribution in [2.45, 2.75) is 19.0 Å². The van der Waals surface area contributed by atoms with Crippen molar-refractivity contribution in [3.05, 3.63) is 40.4 Å². The molecule has 25 heavy (non-hydrogen) atoms. The number of rotatable bonds is 5. The third kappa shape index (κ3) is 3.52. The van der Waals surface area contributed by atoms with Gasteiger partial charge >= 0.3 is 5.97 Å². The van der Waals surface area contributed by atoms with Crippen LogP contribution in [-0.4, -0.2) is 39.3 Å². The highest BCUT2D eigenvalue weighted by molar-refractivity contribution is 7.99. The van der Waals surface area contributed by atoms with Gasteiger partial charge in [-0.05, 0) is 31.5 Å². The van der Waals surface area contributed by atoms with Gasteiger partial charge in [-0.15, -0.1) is 21.5 Å². The van der Waals surface area contributed by atoms with Crippen LogP contribution in [0, 0.1) is 13.8 Å². The molecule has 0 unspecified atom stereocenters. The van der Waals surface area contributed by atoms with Crippen LogP contribution >= 0.6 is 23.1 Å². The number of thioether (sulfide) groups is 1. The van der Waals surface area contributed by atoms with E-state index in [0.717, 1.165) is 16.1 Å². The largest absolute Gasteiger partial charge is 0.465 e. The summed E-state index contributed by atoms with van der Waals surface area (Å²) in [6.07, 6.45) is 1.84. The van der Waals surface area contributed by atoms with Crippen LogP contribution in [0.3, 0.4) is 0 Å². The Bertz CT molecular complexity index is 948. The summed E-state index contributed by atoms with van der Waals surface area (Å²) in [6, 6.07) is 5.60. The molecular formula is C16H16N4O3S2. The highest BCUT2D eigenvalue weighted by Gasteiger charge is 2.21. The minimum atomic E-state index is -0.451. The lowest BCUT2D eigenvalue weighted by atomic mass is 10.1. The van der Waals surface area contributed by atoms with Gasteiger partial charge in [0.1, 0.15) is 5.00 Å². The van der Waals surface area contributed by atoms with E-state index in [1.165, 1.54) is 30.2 Å². The topological polar surface area (TPSA) is 85.6 Å². The number of nitrogens with one attached hydrogen (secondary N) is 1. The van der Waals surface area contributed by atoms with Crippen LogP contribution in [0.2, 0.25) is 0 Å². The van der Waals surface area contributed by atoms with Gasteiger partial charge in [-0.2, -0.15) is 0 Å². The summed E-state index contributed by atoms with van der Waals surface area (Å²) in [6.45, 7) is 3.74. The predicted octanol–water partition coefficient (Wildman–Crippen LogP) is 2.93. The maximum absolute atomic E-state index is 12.3. The summed E-state index contributed by atoms with van der Waals surface area (Å²) in [5, 5.41) is 12.1. The van der Waals surface area contributed by atoms with Crippen LogP contribution in [0.25, 0.3) is 5.65 Å². The molecule has 130 valence electrons. The molecule has 0 aromatic carbocycles. The van der Waals surface area contributed by atoms with Crippen molar-refractivity contribution in [2.75, 3.05) is 18.2 Å². The number of hydrogen-bond donors (Lipinski definition) is 1. The SMILES string of the molecule is COC(=O)c1c(NC(=O)CSc2nnc3ccccn23)sc(C)c1C. The molecule has 1 N–H and O–H groups in total. The first-order chi connectivity index (χ1) is 12.0. The number of nitrogens with zero attached hydrogens (tertiary/aromatic N) is 3. The third-order valence-corrected chi connectivity index (χ3v) is 5.71. The fourth-order valence-corrected chi connectivity index (χ4v) is 4.06. The maximum Gasteiger partial charge on any atom is 0.341 e. The summed E-state index contributed by atoms with van der Waals surface area (Å²) in [4.78, 5) is 25.2. The van der Waals surface area contributed by atoms with Gasteiger partial charge in [-0.1, -0.05) is 17.8 Å².